The fourth-order valence-corrected chi connectivity index (χ4v) is 3.11. The molecule has 1 aliphatic rings. The summed E-state index contributed by atoms with van der Waals surface area (Å²) < 4.78 is 25.9. The molecule has 1 aliphatic heterocycles. The number of nitrogens with zero attached hydrogens (tertiary/aromatic N) is 1. The number of hydrogen-bond donors (Lipinski definition) is 2. The van der Waals surface area contributed by atoms with Gasteiger partial charge in [-0.05, 0) is 37.6 Å². The number of benzene rings is 1. The molecule has 0 spiro atoms. The first-order valence-electron chi connectivity index (χ1n) is 6.47. The highest BCUT2D eigenvalue weighted by Gasteiger charge is 2.22. The van der Waals surface area contributed by atoms with Crippen molar-refractivity contribution in [1.82, 2.24) is 4.72 Å². The Kier molecular flexibility index (Phi) is 4.29. The first-order valence-corrected chi connectivity index (χ1v) is 7.95. The van der Waals surface area contributed by atoms with Crippen molar-refractivity contribution >= 4 is 21.7 Å². The van der Waals surface area contributed by atoms with Crippen molar-refractivity contribution in [3.05, 3.63) is 23.8 Å². The summed E-state index contributed by atoms with van der Waals surface area (Å²) in [6, 6.07) is 5.09. The average molecular weight is 298 g/mol. The van der Waals surface area contributed by atoms with Gasteiger partial charge < -0.3 is 10.0 Å². The first-order chi connectivity index (χ1) is 9.44. The lowest BCUT2D eigenvalue weighted by molar-refractivity contribution is -0.137. The molecule has 0 fully saturated rings. The summed E-state index contributed by atoms with van der Waals surface area (Å²) in [7, 11) is -2.07. The van der Waals surface area contributed by atoms with Crippen molar-refractivity contribution in [3.63, 3.8) is 0 Å². The van der Waals surface area contributed by atoms with Gasteiger partial charge in [-0.1, -0.05) is 6.07 Å². The number of fused-ring (bicyclic) bond motifs is 1. The average Bonchev–Trinajstić information content (AvgIpc) is 2.81. The van der Waals surface area contributed by atoms with Crippen LogP contribution in [0.1, 0.15) is 18.4 Å². The SMILES string of the molecule is CNS(=O)(=O)c1ccc2c(c1)N(CCCC(=O)O)CC2. The van der Waals surface area contributed by atoms with E-state index in [2.05, 4.69) is 4.72 Å². The highest BCUT2D eigenvalue weighted by atomic mass is 32.2. The fraction of sp³-hybridized carbons (Fsp3) is 0.462. The summed E-state index contributed by atoms with van der Waals surface area (Å²) in [6.07, 6.45) is 1.54. The van der Waals surface area contributed by atoms with Gasteiger partial charge in [0.25, 0.3) is 0 Å². The molecule has 0 radical (unpaired) electrons. The largest absolute Gasteiger partial charge is 0.481 e. The number of nitrogens with one attached hydrogen (secondary N) is 1. The number of rotatable bonds is 6. The van der Waals surface area contributed by atoms with Crippen LogP contribution in [-0.2, 0) is 21.2 Å². The third-order valence-corrected chi connectivity index (χ3v) is 4.86. The van der Waals surface area contributed by atoms with Gasteiger partial charge in [-0.15, -0.1) is 0 Å². The molecule has 7 heteroatoms. The second-order valence-electron chi connectivity index (χ2n) is 4.73. The minimum absolute atomic E-state index is 0.125. The zero-order valence-electron chi connectivity index (χ0n) is 11.3. The van der Waals surface area contributed by atoms with Gasteiger partial charge in [0.2, 0.25) is 10.0 Å². The van der Waals surface area contributed by atoms with E-state index in [4.69, 9.17) is 5.11 Å². The number of anilines is 1. The first kappa shape index (κ1) is 14.8. The Labute approximate surface area is 118 Å². The number of carboxylic acid groups (broad SMARTS) is 1. The van der Waals surface area contributed by atoms with E-state index in [0.29, 0.717) is 13.0 Å². The quantitative estimate of drug-likeness (QED) is 0.812. The summed E-state index contributed by atoms with van der Waals surface area (Å²) >= 11 is 0. The topological polar surface area (TPSA) is 86.7 Å². The highest BCUT2D eigenvalue weighted by molar-refractivity contribution is 7.89. The Hall–Kier alpha value is -1.60. The predicted octanol–water partition coefficient (Wildman–Crippen LogP) is 0.822. The molecule has 6 nitrogen and oxygen atoms in total. The van der Waals surface area contributed by atoms with Gasteiger partial charge in [0.05, 0.1) is 4.90 Å². The lowest BCUT2D eigenvalue weighted by Gasteiger charge is -2.19. The number of carbonyl (C=O) groups is 1. The third-order valence-electron chi connectivity index (χ3n) is 3.45. The van der Waals surface area contributed by atoms with Gasteiger partial charge >= 0.3 is 5.97 Å². The van der Waals surface area contributed by atoms with Crippen LogP contribution < -0.4 is 9.62 Å². The molecule has 0 saturated carbocycles. The zero-order chi connectivity index (χ0) is 14.8. The molecule has 0 saturated heterocycles. The van der Waals surface area contributed by atoms with Crippen LogP contribution in [0, 0.1) is 0 Å². The normalized spacial score (nSPS) is 14.3. The molecule has 1 aromatic rings. The molecule has 0 amide bonds. The van der Waals surface area contributed by atoms with Crippen molar-refractivity contribution in [3.8, 4) is 0 Å². The summed E-state index contributed by atoms with van der Waals surface area (Å²) in [5.74, 6) is -0.809. The Morgan fingerprint density at radius 1 is 1.45 bits per heavy atom. The van der Waals surface area contributed by atoms with Gasteiger partial charge in [0.1, 0.15) is 0 Å². The van der Waals surface area contributed by atoms with Crippen molar-refractivity contribution in [1.29, 1.82) is 0 Å². The molecule has 110 valence electrons. The van der Waals surface area contributed by atoms with Crippen LogP contribution >= 0.6 is 0 Å². The Bertz CT molecular complexity index is 613. The van der Waals surface area contributed by atoms with Crippen LogP contribution in [0.4, 0.5) is 5.69 Å². The Morgan fingerprint density at radius 2 is 2.20 bits per heavy atom. The number of carboxylic acids is 1. The molecule has 20 heavy (non-hydrogen) atoms. The van der Waals surface area contributed by atoms with Gasteiger partial charge in [-0.2, -0.15) is 0 Å². The van der Waals surface area contributed by atoms with Crippen LogP contribution in [0.5, 0.6) is 0 Å². The van der Waals surface area contributed by atoms with Gasteiger partial charge in [0.15, 0.2) is 0 Å². The molecule has 0 bridgehead atoms. The number of aliphatic carboxylic acids is 1. The maximum atomic E-state index is 11.8. The summed E-state index contributed by atoms with van der Waals surface area (Å²) in [5.41, 5.74) is 2.00. The van der Waals surface area contributed by atoms with Crippen molar-refractivity contribution < 1.29 is 18.3 Å². The van der Waals surface area contributed by atoms with Crippen LogP contribution in [0.3, 0.4) is 0 Å². The molecular weight excluding hydrogens is 280 g/mol. The molecule has 2 rings (SSSR count). The summed E-state index contributed by atoms with van der Waals surface area (Å²) in [4.78, 5) is 12.8. The van der Waals surface area contributed by atoms with Crippen molar-refractivity contribution in [2.45, 2.75) is 24.2 Å². The Balaban J connectivity index is 2.18. The van der Waals surface area contributed by atoms with E-state index in [0.717, 1.165) is 24.2 Å². The second-order valence-corrected chi connectivity index (χ2v) is 6.62. The summed E-state index contributed by atoms with van der Waals surface area (Å²) in [5, 5.41) is 8.66. The van der Waals surface area contributed by atoms with Crippen LogP contribution in [0.2, 0.25) is 0 Å². The lowest BCUT2D eigenvalue weighted by Crippen LogP contribution is -2.23. The highest BCUT2D eigenvalue weighted by Crippen LogP contribution is 2.30. The van der Waals surface area contributed by atoms with E-state index in [1.165, 1.54) is 7.05 Å². The van der Waals surface area contributed by atoms with Crippen molar-refractivity contribution in [2.75, 3.05) is 25.0 Å². The second kappa shape index (κ2) is 5.80. The van der Waals surface area contributed by atoms with Crippen LogP contribution in [0.15, 0.2) is 23.1 Å². The molecule has 1 aromatic carbocycles. The van der Waals surface area contributed by atoms with Crippen LogP contribution in [-0.4, -0.2) is 39.6 Å². The summed E-state index contributed by atoms with van der Waals surface area (Å²) in [6.45, 7) is 1.43. The monoisotopic (exact) mass is 298 g/mol. The van der Waals surface area contributed by atoms with E-state index >= 15 is 0 Å². The minimum Gasteiger partial charge on any atom is -0.481 e. The number of hydrogen-bond acceptors (Lipinski definition) is 4. The standard InChI is InChI=1S/C13H18N2O4S/c1-14-20(18,19)11-5-4-10-6-8-15(12(10)9-11)7-2-3-13(16)17/h4-5,9,14H,2-3,6-8H2,1H3,(H,16,17). The molecule has 0 aliphatic carbocycles. The minimum atomic E-state index is -3.45. The predicted molar refractivity (Wildman–Crippen MR) is 75.5 cm³/mol. The maximum Gasteiger partial charge on any atom is 0.303 e. The van der Waals surface area contributed by atoms with Gasteiger partial charge in [0, 0.05) is 25.2 Å². The van der Waals surface area contributed by atoms with E-state index in [9.17, 15) is 13.2 Å². The molecule has 0 aromatic heterocycles. The zero-order valence-corrected chi connectivity index (χ0v) is 12.1. The van der Waals surface area contributed by atoms with Crippen molar-refractivity contribution in [2.24, 2.45) is 0 Å². The van der Waals surface area contributed by atoms with E-state index in [1.807, 2.05) is 11.0 Å². The van der Waals surface area contributed by atoms with Crippen LogP contribution in [0.25, 0.3) is 0 Å². The van der Waals surface area contributed by atoms with Gasteiger partial charge in [-0.3, -0.25) is 4.79 Å². The van der Waals surface area contributed by atoms with E-state index in [1.54, 1.807) is 12.1 Å². The molecule has 1 heterocycles. The molecular formula is C13H18N2O4S. The third kappa shape index (κ3) is 3.10. The van der Waals surface area contributed by atoms with E-state index < -0.39 is 16.0 Å². The lowest BCUT2D eigenvalue weighted by atomic mass is 10.2. The Morgan fingerprint density at radius 3 is 2.85 bits per heavy atom. The number of sulfonamides is 1. The molecule has 0 unspecified atom stereocenters. The fourth-order valence-electron chi connectivity index (χ4n) is 2.36. The van der Waals surface area contributed by atoms with Gasteiger partial charge in [-0.25, -0.2) is 13.1 Å². The molecule has 2 N–H and O–H groups in total. The van der Waals surface area contributed by atoms with E-state index in [-0.39, 0.29) is 11.3 Å². The maximum absolute atomic E-state index is 11.8. The smallest absolute Gasteiger partial charge is 0.303 e. The molecule has 0 atom stereocenters.